The first-order valence-electron chi connectivity index (χ1n) is 8.09. The van der Waals surface area contributed by atoms with Gasteiger partial charge in [0.15, 0.2) is 0 Å². The van der Waals surface area contributed by atoms with Gasteiger partial charge < -0.3 is 15.4 Å². The van der Waals surface area contributed by atoms with Gasteiger partial charge in [-0.15, -0.1) is 0 Å². The molecule has 0 aromatic rings. The number of hydrogen-bond acceptors (Lipinski definition) is 3. The Morgan fingerprint density at radius 1 is 1.20 bits per heavy atom. The molecule has 0 heterocycles. The molecular formula is C16H28N2O2. The lowest BCUT2D eigenvalue weighted by molar-refractivity contribution is 0.0464. The minimum Gasteiger partial charge on any atom is -0.444 e. The summed E-state index contributed by atoms with van der Waals surface area (Å²) >= 11 is 0. The first-order valence-corrected chi connectivity index (χ1v) is 8.09. The lowest BCUT2D eigenvalue weighted by Crippen LogP contribution is -2.54. The number of nitrogens with one attached hydrogen (secondary N) is 2. The van der Waals surface area contributed by atoms with Gasteiger partial charge in [-0.3, -0.25) is 0 Å². The molecule has 4 heteroatoms. The van der Waals surface area contributed by atoms with Crippen LogP contribution in [0.4, 0.5) is 4.79 Å². The van der Waals surface area contributed by atoms with Crippen LogP contribution >= 0.6 is 0 Å². The molecule has 3 fully saturated rings. The highest BCUT2D eigenvalue weighted by Crippen LogP contribution is 2.60. The first kappa shape index (κ1) is 14.2. The summed E-state index contributed by atoms with van der Waals surface area (Å²) < 4.78 is 5.27. The van der Waals surface area contributed by atoms with Crippen LogP contribution in [-0.2, 0) is 4.74 Å². The zero-order chi connectivity index (χ0) is 14.4. The zero-order valence-electron chi connectivity index (χ0n) is 13.0. The van der Waals surface area contributed by atoms with Crippen LogP contribution in [0.2, 0.25) is 0 Å². The summed E-state index contributed by atoms with van der Waals surface area (Å²) in [6.45, 7) is 6.88. The molecule has 3 rings (SSSR count). The van der Waals surface area contributed by atoms with Crippen LogP contribution in [0.15, 0.2) is 0 Å². The summed E-state index contributed by atoms with van der Waals surface area (Å²) in [5, 5.41) is 6.65. The molecule has 3 aliphatic carbocycles. The fourth-order valence-electron chi connectivity index (χ4n) is 3.31. The highest BCUT2D eigenvalue weighted by Gasteiger charge is 2.53. The average molecular weight is 280 g/mol. The van der Waals surface area contributed by atoms with Crippen LogP contribution < -0.4 is 10.6 Å². The van der Waals surface area contributed by atoms with E-state index in [1.807, 2.05) is 20.8 Å². The zero-order valence-corrected chi connectivity index (χ0v) is 13.0. The Kier molecular flexibility index (Phi) is 3.47. The second kappa shape index (κ2) is 4.90. The summed E-state index contributed by atoms with van der Waals surface area (Å²) in [5.74, 6) is 1.02. The van der Waals surface area contributed by atoms with E-state index in [1.54, 1.807) is 0 Å². The van der Waals surface area contributed by atoms with Gasteiger partial charge in [0.1, 0.15) is 5.60 Å². The predicted octanol–water partition coefficient (Wildman–Crippen LogP) is 2.82. The molecule has 0 aliphatic heterocycles. The van der Waals surface area contributed by atoms with Gasteiger partial charge in [-0.2, -0.15) is 0 Å². The maximum atomic E-state index is 11.6. The Hall–Kier alpha value is -0.770. The second-order valence-corrected chi connectivity index (χ2v) is 8.03. The van der Waals surface area contributed by atoms with Crippen molar-refractivity contribution in [2.75, 3.05) is 6.54 Å². The topological polar surface area (TPSA) is 50.4 Å². The molecule has 0 bridgehead atoms. The number of ether oxygens (including phenoxy) is 1. The molecule has 3 saturated carbocycles. The summed E-state index contributed by atoms with van der Waals surface area (Å²) in [6, 6.07) is 0.879. The highest BCUT2D eigenvalue weighted by molar-refractivity contribution is 5.68. The van der Waals surface area contributed by atoms with E-state index in [4.69, 9.17) is 4.74 Å². The molecule has 0 aromatic carbocycles. The molecule has 3 aliphatic rings. The molecule has 2 N–H and O–H groups in total. The van der Waals surface area contributed by atoms with Crippen molar-refractivity contribution in [3.63, 3.8) is 0 Å². The van der Waals surface area contributed by atoms with Crippen LogP contribution in [0.5, 0.6) is 0 Å². The van der Waals surface area contributed by atoms with Crippen molar-refractivity contribution in [1.29, 1.82) is 0 Å². The molecule has 0 atom stereocenters. The van der Waals surface area contributed by atoms with E-state index in [0.29, 0.717) is 17.5 Å². The molecule has 0 spiro atoms. The van der Waals surface area contributed by atoms with Gasteiger partial charge in [0.25, 0.3) is 0 Å². The molecule has 0 radical (unpaired) electrons. The quantitative estimate of drug-likeness (QED) is 0.814. The van der Waals surface area contributed by atoms with Crippen LogP contribution in [0.25, 0.3) is 0 Å². The third-order valence-corrected chi connectivity index (χ3v) is 4.94. The third kappa shape index (κ3) is 3.46. The van der Waals surface area contributed by atoms with Gasteiger partial charge in [-0.05, 0) is 70.6 Å². The maximum absolute atomic E-state index is 11.6. The molecule has 0 saturated heterocycles. The van der Waals surface area contributed by atoms with Gasteiger partial charge in [-0.25, -0.2) is 4.79 Å². The van der Waals surface area contributed by atoms with Crippen molar-refractivity contribution in [1.82, 2.24) is 10.6 Å². The SMILES string of the molecule is CC(C)(C)OC(=O)NC1CC(NCC2(C3CC3)CC2)C1. The van der Waals surface area contributed by atoms with E-state index in [9.17, 15) is 4.79 Å². The number of carbonyl (C=O) groups excluding carboxylic acids is 1. The van der Waals surface area contributed by atoms with E-state index in [0.717, 1.165) is 18.8 Å². The van der Waals surface area contributed by atoms with Crippen molar-refractivity contribution in [3.05, 3.63) is 0 Å². The Morgan fingerprint density at radius 3 is 2.35 bits per heavy atom. The van der Waals surface area contributed by atoms with Gasteiger partial charge in [0, 0.05) is 18.6 Å². The van der Waals surface area contributed by atoms with Crippen molar-refractivity contribution >= 4 is 6.09 Å². The highest BCUT2D eigenvalue weighted by atomic mass is 16.6. The Labute approximate surface area is 122 Å². The van der Waals surface area contributed by atoms with Crippen molar-refractivity contribution in [3.8, 4) is 0 Å². The lowest BCUT2D eigenvalue weighted by Gasteiger charge is -2.37. The lowest BCUT2D eigenvalue weighted by atomic mass is 9.86. The van der Waals surface area contributed by atoms with Crippen molar-refractivity contribution in [2.24, 2.45) is 11.3 Å². The number of hydrogen-bond donors (Lipinski definition) is 2. The third-order valence-electron chi connectivity index (χ3n) is 4.94. The van der Waals surface area contributed by atoms with Gasteiger partial charge >= 0.3 is 6.09 Å². The fraction of sp³-hybridized carbons (Fsp3) is 0.938. The monoisotopic (exact) mass is 280 g/mol. The van der Waals surface area contributed by atoms with Crippen molar-refractivity contribution in [2.45, 2.75) is 77.0 Å². The Bertz CT molecular complexity index is 374. The van der Waals surface area contributed by atoms with E-state index in [-0.39, 0.29) is 6.09 Å². The predicted molar refractivity (Wildman–Crippen MR) is 78.6 cm³/mol. The van der Waals surface area contributed by atoms with Gasteiger partial charge in [0.2, 0.25) is 0 Å². The van der Waals surface area contributed by atoms with Crippen LogP contribution in [0, 0.1) is 11.3 Å². The second-order valence-electron chi connectivity index (χ2n) is 8.03. The summed E-state index contributed by atoms with van der Waals surface area (Å²) in [6.07, 6.45) is 7.57. The molecule has 4 nitrogen and oxygen atoms in total. The normalized spacial score (nSPS) is 31.4. The molecule has 1 amide bonds. The molecule has 20 heavy (non-hydrogen) atoms. The van der Waals surface area contributed by atoms with Gasteiger partial charge in [0.05, 0.1) is 0 Å². The van der Waals surface area contributed by atoms with Crippen LogP contribution in [-0.4, -0.2) is 30.3 Å². The molecule has 0 aromatic heterocycles. The summed E-state index contributed by atoms with van der Waals surface area (Å²) in [5.41, 5.74) is 0.262. The largest absolute Gasteiger partial charge is 0.444 e. The average Bonchev–Trinajstić information content (AvgIpc) is 3.09. The van der Waals surface area contributed by atoms with E-state index in [1.165, 1.54) is 32.2 Å². The Balaban J connectivity index is 1.30. The molecule has 114 valence electrons. The summed E-state index contributed by atoms with van der Waals surface area (Å²) in [7, 11) is 0. The fourth-order valence-corrected chi connectivity index (χ4v) is 3.31. The minimum atomic E-state index is -0.409. The maximum Gasteiger partial charge on any atom is 0.407 e. The van der Waals surface area contributed by atoms with E-state index < -0.39 is 5.60 Å². The standard InChI is InChI=1S/C16H28N2O2/c1-15(2,3)20-14(19)18-13-8-12(9-13)17-10-16(6-7-16)11-4-5-11/h11-13,17H,4-10H2,1-3H3,(H,18,19). The van der Waals surface area contributed by atoms with E-state index in [2.05, 4.69) is 10.6 Å². The smallest absolute Gasteiger partial charge is 0.407 e. The number of rotatable bonds is 5. The van der Waals surface area contributed by atoms with Crippen molar-refractivity contribution < 1.29 is 9.53 Å². The number of carbonyl (C=O) groups is 1. The van der Waals surface area contributed by atoms with Crippen LogP contribution in [0.1, 0.15) is 59.3 Å². The van der Waals surface area contributed by atoms with Crippen LogP contribution in [0.3, 0.4) is 0 Å². The first-order chi connectivity index (χ1) is 9.36. The number of alkyl carbamates (subject to hydrolysis) is 1. The molecular weight excluding hydrogens is 252 g/mol. The van der Waals surface area contributed by atoms with E-state index >= 15 is 0 Å². The molecule has 0 unspecified atom stereocenters. The Morgan fingerprint density at radius 2 is 1.85 bits per heavy atom. The minimum absolute atomic E-state index is 0.280. The summed E-state index contributed by atoms with van der Waals surface area (Å²) in [4.78, 5) is 11.6. The van der Waals surface area contributed by atoms with Gasteiger partial charge in [-0.1, -0.05) is 0 Å². The number of amides is 1.